The maximum atomic E-state index is 15.5. The van der Waals surface area contributed by atoms with Gasteiger partial charge in [-0.2, -0.15) is 0 Å². The van der Waals surface area contributed by atoms with Crippen molar-refractivity contribution >= 4 is 12.3 Å². The Kier molecular flexibility index (Phi) is 11.9. The number of benzene rings is 2. The molecule has 8 saturated carbocycles. The molecule has 2 aromatic rings. The van der Waals surface area contributed by atoms with Gasteiger partial charge in [0.2, 0.25) is 0 Å². The van der Waals surface area contributed by atoms with Gasteiger partial charge in [-0.3, -0.25) is 0 Å². The number of aldehydes is 1. The summed E-state index contributed by atoms with van der Waals surface area (Å²) in [4.78, 5) is 29.3. The van der Waals surface area contributed by atoms with Crippen molar-refractivity contribution in [3.63, 3.8) is 0 Å². The van der Waals surface area contributed by atoms with Gasteiger partial charge in [0.25, 0.3) is 0 Å². The molecule has 13 aliphatic rings. The van der Waals surface area contributed by atoms with Crippen LogP contribution in [0.25, 0.3) is 0 Å². The van der Waals surface area contributed by atoms with Gasteiger partial charge in [-0.1, -0.05) is 92.1 Å². The monoisotopic (exact) mass is 1020 g/mol. The van der Waals surface area contributed by atoms with Gasteiger partial charge in [0.15, 0.2) is 0 Å². The summed E-state index contributed by atoms with van der Waals surface area (Å²) >= 11 is 0. The Bertz CT molecular complexity index is 2720. The second-order valence-corrected chi connectivity index (χ2v) is 27.1. The van der Waals surface area contributed by atoms with Gasteiger partial charge >= 0.3 is 5.97 Å². The molecule has 21 atom stereocenters. The first-order chi connectivity index (χ1) is 36.4. The maximum Gasteiger partial charge on any atom is 0.331 e. The van der Waals surface area contributed by atoms with Crippen molar-refractivity contribution in [1.82, 2.24) is 5.32 Å². The fourth-order valence-electron chi connectivity index (χ4n) is 22.4. The number of likely N-dealkylation sites (N-methyl/N-ethyl adjacent to an activating group) is 1. The first kappa shape index (κ1) is 49.6. The van der Waals surface area contributed by atoms with Crippen LogP contribution in [0, 0.1) is 99.1 Å². The molecular weight excluding hydrogens is 939 g/mol. The van der Waals surface area contributed by atoms with Crippen molar-refractivity contribution in [2.24, 2.45) is 87.3 Å². The number of aliphatic hydroxyl groups is 5. The SMILES string of the molecule is CNC1Cc2c(cccc2CO)C#CCCC23CCC4C5(C=O)CC67CC(CCc8ccccc8)CC6CCOC7C6CC7C=CCC(C8CCCC8)C7CC(C(O)C4(O)C2(O)CC2CC1C1OC(=O)C=C1C23)C65O. The van der Waals surface area contributed by atoms with Crippen molar-refractivity contribution < 1.29 is 44.6 Å². The Morgan fingerprint density at radius 2 is 1.72 bits per heavy atom. The number of rotatable bonds is 7. The molecule has 0 radical (unpaired) electrons. The number of nitrogens with one attached hydrogen (secondary N) is 1. The zero-order chi connectivity index (χ0) is 51.3. The van der Waals surface area contributed by atoms with Gasteiger partial charge in [0.05, 0.1) is 29.8 Å². The van der Waals surface area contributed by atoms with Crippen LogP contribution in [0.3, 0.4) is 0 Å². The number of aliphatic hydroxyl groups excluding tert-OH is 2. The molecule has 2 aliphatic heterocycles. The molecule has 11 aliphatic carbocycles. The number of carbonyl (C=O) groups is 2. The van der Waals surface area contributed by atoms with Gasteiger partial charge in [-0.25, -0.2) is 4.79 Å². The topological polar surface area (TPSA) is 166 Å². The Morgan fingerprint density at radius 3 is 2.52 bits per heavy atom. The van der Waals surface area contributed by atoms with Crippen molar-refractivity contribution in [1.29, 1.82) is 0 Å². The zero-order valence-electron chi connectivity index (χ0n) is 44.1. The van der Waals surface area contributed by atoms with Crippen LogP contribution in [-0.4, -0.2) is 92.6 Å². The number of carbonyl (C=O) groups excluding carboxylic acids is 2. The molecule has 2 spiro atoms. The largest absolute Gasteiger partial charge is 0.454 e. The summed E-state index contributed by atoms with van der Waals surface area (Å²) in [6.45, 7) is 0.486. The number of ether oxygens (including phenoxy) is 2. The highest BCUT2D eigenvalue weighted by molar-refractivity contribution is 5.86. The van der Waals surface area contributed by atoms with E-state index in [0.29, 0.717) is 82.1 Å². The highest BCUT2D eigenvalue weighted by Crippen LogP contribution is 2.80. The number of fused-ring (bicyclic) bond motifs is 8. The van der Waals surface area contributed by atoms with Gasteiger partial charge in [-0.15, -0.1) is 0 Å². The molecule has 75 heavy (non-hydrogen) atoms. The Morgan fingerprint density at radius 1 is 0.880 bits per heavy atom. The van der Waals surface area contributed by atoms with Crippen LogP contribution in [0.1, 0.15) is 138 Å². The molecule has 9 fully saturated rings. The standard InChI is InChI=1S/C65H81NO9/c1-66-53-31-47-41(16-9-18-43(47)35-67)15-7-8-24-61-25-22-54-62(37-68)36-60-33-39(21-20-38-11-3-2-4-12-38)27-45(60)23-26-74-59(60)52-29-42-17-10-19-46(40-13-5-6-14-40)48(42)30-51(64(52,62)72)58(70)65(54,73)63(61,71)34-44-28-49(53)57-50(56(44)61)32-55(69)75-57/h2-4,9-12,16-18,32,37,39-40,42,44-46,48-49,51-54,56-59,66-67,70-73H,5-6,8,13-14,19-31,33-36H2,1H3. The van der Waals surface area contributed by atoms with Crippen LogP contribution in [0.4, 0.5) is 0 Å². The summed E-state index contributed by atoms with van der Waals surface area (Å²) in [5, 5.41) is 72.9. The minimum Gasteiger partial charge on any atom is -0.454 e. The number of aryl methyl sites for hydroxylation is 1. The van der Waals surface area contributed by atoms with Crippen LogP contribution in [0.15, 0.2) is 72.3 Å². The van der Waals surface area contributed by atoms with Crippen molar-refractivity contribution in [2.75, 3.05) is 13.7 Å². The minimum absolute atomic E-state index is 0.124. The Labute approximate surface area is 443 Å². The Balaban J connectivity index is 0.942. The lowest BCUT2D eigenvalue weighted by molar-refractivity contribution is -0.389. The summed E-state index contributed by atoms with van der Waals surface area (Å²) in [7, 11) is 1.94. The lowest BCUT2D eigenvalue weighted by Crippen LogP contribution is -2.86. The van der Waals surface area contributed by atoms with E-state index in [1.165, 1.54) is 31.2 Å². The average Bonchev–Trinajstić information content (AvgIpc) is 4.23. The molecule has 0 aromatic heterocycles. The van der Waals surface area contributed by atoms with Crippen LogP contribution in [0.2, 0.25) is 0 Å². The summed E-state index contributed by atoms with van der Waals surface area (Å²) in [5.74, 6) is 5.45. The summed E-state index contributed by atoms with van der Waals surface area (Å²) in [6, 6.07) is 16.5. The second-order valence-electron chi connectivity index (χ2n) is 27.1. The molecule has 0 amide bonds. The number of hydrogen-bond donors (Lipinski definition) is 6. The third-order valence-electron chi connectivity index (χ3n) is 25.0. The first-order valence-electron chi connectivity index (χ1n) is 29.8. The van der Waals surface area contributed by atoms with E-state index in [-0.39, 0.29) is 60.7 Å². The number of hydrogen-bond acceptors (Lipinski definition) is 10. The third-order valence-corrected chi connectivity index (χ3v) is 25.0. The smallest absolute Gasteiger partial charge is 0.331 e. The van der Waals surface area contributed by atoms with Crippen molar-refractivity contribution in [3.05, 3.63) is 94.6 Å². The Hall–Kier alpha value is -3.66. The molecule has 2 aromatic carbocycles. The average molecular weight is 1020 g/mol. The van der Waals surface area contributed by atoms with E-state index in [9.17, 15) is 30.3 Å². The molecule has 15 rings (SSSR count). The van der Waals surface area contributed by atoms with Crippen LogP contribution < -0.4 is 5.32 Å². The predicted octanol–water partition coefficient (Wildman–Crippen LogP) is 7.97. The summed E-state index contributed by atoms with van der Waals surface area (Å²) < 4.78 is 13.6. The third kappa shape index (κ3) is 6.65. The van der Waals surface area contributed by atoms with Crippen LogP contribution in [0.5, 0.6) is 0 Å². The van der Waals surface area contributed by atoms with Gasteiger partial charge < -0.3 is 45.1 Å². The highest BCUT2D eigenvalue weighted by Gasteiger charge is 2.87. The molecule has 10 nitrogen and oxygen atoms in total. The second kappa shape index (κ2) is 17.9. The molecule has 21 unspecified atom stereocenters. The normalized spacial score (nSPS) is 49.0. The molecular formula is C65H81NO9. The fourth-order valence-corrected chi connectivity index (χ4v) is 22.4. The van der Waals surface area contributed by atoms with Crippen molar-refractivity contribution in [2.45, 2.75) is 176 Å². The van der Waals surface area contributed by atoms with Crippen LogP contribution >= 0.6 is 0 Å². The fraction of sp³-hybridized carbons (Fsp3) is 0.692. The molecule has 6 N–H and O–H groups in total. The van der Waals surface area contributed by atoms with Crippen molar-refractivity contribution in [3.8, 4) is 11.8 Å². The maximum absolute atomic E-state index is 15.5. The van der Waals surface area contributed by atoms with Crippen LogP contribution in [-0.2, 0) is 38.5 Å². The van der Waals surface area contributed by atoms with E-state index in [1.54, 1.807) is 6.08 Å². The van der Waals surface area contributed by atoms with E-state index in [0.717, 1.165) is 67.1 Å². The molecule has 4 bridgehead atoms. The quantitative estimate of drug-likeness (QED) is 0.0694. The zero-order valence-corrected chi connectivity index (χ0v) is 44.1. The highest BCUT2D eigenvalue weighted by atomic mass is 16.5. The van der Waals surface area contributed by atoms with Gasteiger partial charge in [0.1, 0.15) is 23.6 Å². The van der Waals surface area contributed by atoms with E-state index in [1.807, 2.05) is 25.2 Å². The molecule has 2 heterocycles. The minimum atomic E-state index is -2.19. The molecule has 10 heteroatoms. The lowest BCUT2D eigenvalue weighted by Gasteiger charge is -2.75. The van der Waals surface area contributed by atoms with E-state index in [4.69, 9.17) is 9.47 Å². The van der Waals surface area contributed by atoms with Gasteiger partial charge in [-0.05, 0) is 179 Å². The predicted molar refractivity (Wildman–Crippen MR) is 282 cm³/mol. The van der Waals surface area contributed by atoms with E-state index in [2.05, 4.69) is 59.6 Å². The summed E-state index contributed by atoms with van der Waals surface area (Å²) in [5.41, 5.74) is -3.95. The van der Waals surface area contributed by atoms with E-state index < -0.39 is 69.0 Å². The number of esters is 1. The van der Waals surface area contributed by atoms with E-state index >= 15 is 4.79 Å². The van der Waals surface area contributed by atoms with Gasteiger partial charge in [0, 0.05) is 65.2 Å². The molecule has 1 saturated heterocycles. The summed E-state index contributed by atoms with van der Waals surface area (Å²) in [6.07, 6.45) is 20.1. The molecule has 400 valence electrons. The lowest BCUT2D eigenvalue weighted by atomic mass is 9.32. The number of allylic oxidation sites excluding steroid dienone is 2. The first-order valence-corrected chi connectivity index (χ1v) is 29.8.